The van der Waals surface area contributed by atoms with Gasteiger partial charge in [-0.15, -0.1) is 0 Å². The average Bonchev–Trinajstić information content (AvgIpc) is 3.01. The molecule has 2 rings (SSSR count). The van der Waals surface area contributed by atoms with Gasteiger partial charge in [-0.1, -0.05) is 12.8 Å². The van der Waals surface area contributed by atoms with Crippen LogP contribution >= 0.6 is 11.3 Å². The summed E-state index contributed by atoms with van der Waals surface area (Å²) < 4.78 is 0. The summed E-state index contributed by atoms with van der Waals surface area (Å²) in [4.78, 5) is 12.2. The van der Waals surface area contributed by atoms with E-state index in [2.05, 4.69) is 11.4 Å². The number of thiophene rings is 1. The fraction of sp³-hybridized carbons (Fsp3) is 0.538. The van der Waals surface area contributed by atoms with Crippen LogP contribution in [0.25, 0.3) is 0 Å². The van der Waals surface area contributed by atoms with E-state index in [0.717, 1.165) is 18.4 Å². The Balaban J connectivity index is 2.04. The van der Waals surface area contributed by atoms with E-state index in [9.17, 15) is 10.1 Å². The largest absolute Gasteiger partial charge is 0.348 e. The molecule has 90 valence electrons. The SMILES string of the molecule is CC(NC(=O)C1(C#N)CCCC1)c1ccsc1. The molecule has 0 bridgehead atoms. The summed E-state index contributed by atoms with van der Waals surface area (Å²) in [6.07, 6.45) is 3.36. The lowest BCUT2D eigenvalue weighted by Crippen LogP contribution is -2.39. The molecule has 1 aromatic heterocycles. The number of carbonyl (C=O) groups excluding carboxylic acids is 1. The molecule has 0 spiro atoms. The van der Waals surface area contributed by atoms with E-state index in [1.807, 2.05) is 23.8 Å². The van der Waals surface area contributed by atoms with Gasteiger partial charge in [-0.2, -0.15) is 16.6 Å². The molecule has 1 atom stereocenters. The van der Waals surface area contributed by atoms with Gasteiger partial charge in [0.25, 0.3) is 0 Å². The number of nitriles is 1. The molecule has 3 nitrogen and oxygen atoms in total. The van der Waals surface area contributed by atoms with Gasteiger partial charge in [0.1, 0.15) is 5.41 Å². The van der Waals surface area contributed by atoms with Crippen molar-refractivity contribution in [2.45, 2.75) is 38.6 Å². The molecule has 1 unspecified atom stereocenters. The maximum absolute atomic E-state index is 12.2. The van der Waals surface area contributed by atoms with Crippen molar-refractivity contribution in [3.63, 3.8) is 0 Å². The molecule has 4 heteroatoms. The Labute approximate surface area is 105 Å². The fourth-order valence-corrected chi connectivity index (χ4v) is 3.06. The van der Waals surface area contributed by atoms with Crippen LogP contribution in [-0.2, 0) is 4.79 Å². The molecule has 1 N–H and O–H groups in total. The van der Waals surface area contributed by atoms with Gasteiger partial charge >= 0.3 is 0 Å². The maximum atomic E-state index is 12.2. The predicted molar refractivity (Wildman–Crippen MR) is 67.4 cm³/mol. The Morgan fingerprint density at radius 2 is 2.29 bits per heavy atom. The number of hydrogen-bond acceptors (Lipinski definition) is 3. The molecule has 1 fully saturated rings. The van der Waals surface area contributed by atoms with Crippen molar-refractivity contribution in [3.05, 3.63) is 22.4 Å². The van der Waals surface area contributed by atoms with Crippen LogP contribution in [0, 0.1) is 16.7 Å². The molecule has 1 saturated carbocycles. The van der Waals surface area contributed by atoms with Crippen molar-refractivity contribution in [1.29, 1.82) is 5.26 Å². The smallest absolute Gasteiger partial charge is 0.240 e. The summed E-state index contributed by atoms with van der Waals surface area (Å²) in [7, 11) is 0. The van der Waals surface area contributed by atoms with Crippen LogP contribution in [0.4, 0.5) is 0 Å². The quantitative estimate of drug-likeness (QED) is 0.894. The first-order chi connectivity index (χ1) is 8.18. The van der Waals surface area contributed by atoms with E-state index in [-0.39, 0.29) is 11.9 Å². The zero-order chi connectivity index (χ0) is 12.3. The van der Waals surface area contributed by atoms with E-state index < -0.39 is 5.41 Å². The Kier molecular flexibility index (Phi) is 3.49. The van der Waals surface area contributed by atoms with Gasteiger partial charge in [0, 0.05) is 0 Å². The molecule has 1 heterocycles. The molecular formula is C13H16N2OS. The second kappa shape index (κ2) is 4.89. The first-order valence-corrected chi connectivity index (χ1v) is 6.86. The van der Waals surface area contributed by atoms with E-state index in [4.69, 9.17) is 0 Å². The van der Waals surface area contributed by atoms with Crippen molar-refractivity contribution < 1.29 is 4.79 Å². The van der Waals surface area contributed by atoms with E-state index in [1.165, 1.54) is 0 Å². The summed E-state index contributed by atoms with van der Waals surface area (Å²) in [5.41, 5.74) is 0.332. The highest BCUT2D eigenvalue weighted by atomic mass is 32.1. The minimum atomic E-state index is -0.774. The van der Waals surface area contributed by atoms with Gasteiger partial charge in [0.05, 0.1) is 12.1 Å². The van der Waals surface area contributed by atoms with Gasteiger partial charge in [-0.3, -0.25) is 4.79 Å². The van der Waals surface area contributed by atoms with Gasteiger partial charge in [-0.25, -0.2) is 0 Å². The second-order valence-electron chi connectivity index (χ2n) is 4.65. The second-order valence-corrected chi connectivity index (χ2v) is 5.43. The van der Waals surface area contributed by atoms with Crippen molar-refractivity contribution in [3.8, 4) is 6.07 Å². The van der Waals surface area contributed by atoms with Crippen LogP contribution in [-0.4, -0.2) is 5.91 Å². The monoisotopic (exact) mass is 248 g/mol. The van der Waals surface area contributed by atoms with Crippen molar-refractivity contribution >= 4 is 17.2 Å². The minimum Gasteiger partial charge on any atom is -0.348 e. The van der Waals surface area contributed by atoms with Crippen molar-refractivity contribution in [2.75, 3.05) is 0 Å². The molecule has 0 radical (unpaired) electrons. The topological polar surface area (TPSA) is 52.9 Å². The fourth-order valence-electron chi connectivity index (χ4n) is 2.31. The zero-order valence-electron chi connectivity index (χ0n) is 9.90. The Hall–Kier alpha value is -1.34. The van der Waals surface area contributed by atoms with E-state index in [1.54, 1.807) is 11.3 Å². The lowest BCUT2D eigenvalue weighted by Gasteiger charge is -2.22. The highest BCUT2D eigenvalue weighted by molar-refractivity contribution is 7.07. The van der Waals surface area contributed by atoms with Gasteiger partial charge < -0.3 is 5.32 Å². The van der Waals surface area contributed by atoms with Crippen LogP contribution in [0.5, 0.6) is 0 Å². The van der Waals surface area contributed by atoms with Crippen LogP contribution < -0.4 is 5.32 Å². The molecule has 0 aromatic carbocycles. The summed E-state index contributed by atoms with van der Waals surface area (Å²) in [6, 6.07) is 4.21. The molecule has 17 heavy (non-hydrogen) atoms. The van der Waals surface area contributed by atoms with Crippen LogP contribution in [0.3, 0.4) is 0 Å². The van der Waals surface area contributed by atoms with Gasteiger partial charge in [-0.05, 0) is 42.2 Å². The average molecular weight is 248 g/mol. The Morgan fingerprint density at radius 1 is 1.59 bits per heavy atom. The van der Waals surface area contributed by atoms with Crippen molar-refractivity contribution in [1.82, 2.24) is 5.32 Å². The maximum Gasteiger partial charge on any atom is 0.240 e. The molecule has 1 aliphatic rings. The third kappa shape index (κ3) is 2.34. The van der Waals surface area contributed by atoms with E-state index >= 15 is 0 Å². The molecule has 0 aliphatic heterocycles. The third-order valence-corrected chi connectivity index (χ3v) is 4.20. The summed E-state index contributed by atoms with van der Waals surface area (Å²) in [6.45, 7) is 1.96. The number of hydrogen-bond donors (Lipinski definition) is 1. The lowest BCUT2D eigenvalue weighted by molar-refractivity contribution is -0.128. The molecular weight excluding hydrogens is 232 g/mol. The minimum absolute atomic E-state index is 0.0143. The molecule has 1 amide bonds. The number of rotatable bonds is 3. The molecule has 0 saturated heterocycles. The Bertz CT molecular complexity index is 427. The number of nitrogens with one attached hydrogen (secondary N) is 1. The Morgan fingerprint density at radius 3 is 2.82 bits per heavy atom. The van der Waals surface area contributed by atoms with Crippen molar-refractivity contribution in [2.24, 2.45) is 5.41 Å². The van der Waals surface area contributed by atoms with Crippen LogP contribution in [0.2, 0.25) is 0 Å². The standard InChI is InChI=1S/C13H16N2OS/c1-10(11-4-7-17-8-11)15-12(16)13(9-14)5-2-3-6-13/h4,7-8,10H,2-3,5-6H2,1H3,(H,15,16). The molecule has 1 aliphatic carbocycles. The van der Waals surface area contributed by atoms with Gasteiger partial charge in [0.15, 0.2) is 0 Å². The lowest BCUT2D eigenvalue weighted by atomic mass is 9.86. The van der Waals surface area contributed by atoms with Crippen LogP contribution in [0.1, 0.15) is 44.2 Å². The summed E-state index contributed by atoms with van der Waals surface area (Å²) in [5.74, 6) is -0.101. The first-order valence-electron chi connectivity index (χ1n) is 5.92. The van der Waals surface area contributed by atoms with Crippen LogP contribution in [0.15, 0.2) is 16.8 Å². The number of amides is 1. The highest BCUT2D eigenvalue weighted by Gasteiger charge is 2.41. The normalized spacial score (nSPS) is 19.5. The summed E-state index contributed by atoms with van der Waals surface area (Å²) >= 11 is 1.62. The number of nitrogens with zero attached hydrogens (tertiary/aromatic N) is 1. The number of carbonyl (C=O) groups is 1. The highest BCUT2D eigenvalue weighted by Crippen LogP contribution is 2.38. The summed E-state index contributed by atoms with van der Waals surface area (Å²) in [5, 5.41) is 16.2. The predicted octanol–water partition coefficient (Wildman–Crippen LogP) is 3.01. The first kappa shape index (κ1) is 12.1. The van der Waals surface area contributed by atoms with Gasteiger partial charge in [0.2, 0.25) is 5.91 Å². The molecule has 1 aromatic rings. The zero-order valence-corrected chi connectivity index (χ0v) is 10.7. The van der Waals surface area contributed by atoms with E-state index in [0.29, 0.717) is 12.8 Å². The third-order valence-electron chi connectivity index (χ3n) is 3.50.